The summed E-state index contributed by atoms with van der Waals surface area (Å²) in [5.41, 5.74) is 0. The Morgan fingerprint density at radius 1 is 1.44 bits per heavy atom. The summed E-state index contributed by atoms with van der Waals surface area (Å²) in [5, 5.41) is 0. The van der Waals surface area contributed by atoms with Crippen LogP contribution in [0, 0.1) is 0 Å². The summed E-state index contributed by atoms with van der Waals surface area (Å²) in [6.07, 6.45) is 0. The summed E-state index contributed by atoms with van der Waals surface area (Å²) in [4.78, 5) is 0. The molecule has 0 rings (SSSR count). The third-order valence-electron chi connectivity index (χ3n) is 0.161. The second kappa shape index (κ2) is 7.37. The van der Waals surface area contributed by atoms with Crippen molar-refractivity contribution in [1.29, 1.82) is 0 Å². The van der Waals surface area contributed by atoms with Gasteiger partial charge in [-0.15, -0.1) is 0 Å². The van der Waals surface area contributed by atoms with Crippen LogP contribution < -0.4 is 0 Å². The first-order valence-electron chi connectivity index (χ1n) is 1.15. The zero-order valence-electron chi connectivity index (χ0n) is 3.57. The maximum atomic E-state index is 9.39. The van der Waals surface area contributed by atoms with Crippen molar-refractivity contribution in [1.82, 2.24) is 0 Å². The van der Waals surface area contributed by atoms with Gasteiger partial charge >= 0.3 is 83.6 Å². The molecule has 0 saturated carbocycles. The SMILES string of the molecule is O.[CaH2].[O]=[Al][O]S(=O)(=O)O. The van der Waals surface area contributed by atoms with Crippen LogP contribution in [-0.2, 0) is 17.4 Å². The summed E-state index contributed by atoms with van der Waals surface area (Å²) in [6, 6.07) is 0. The molecule has 0 saturated heterocycles. The van der Waals surface area contributed by atoms with Crippen LogP contribution in [0.5, 0.6) is 0 Å². The van der Waals surface area contributed by atoms with Crippen molar-refractivity contribution in [2.24, 2.45) is 0 Å². The Hall–Kier alpha value is 1.26. The predicted octanol–water partition coefficient (Wildman–Crippen LogP) is -2.97. The summed E-state index contributed by atoms with van der Waals surface area (Å²) in [6.45, 7) is 0. The Labute approximate surface area is 88.1 Å². The average molecular weight is 200 g/mol. The molecule has 0 bridgehead atoms. The van der Waals surface area contributed by atoms with Crippen molar-refractivity contribution in [3.8, 4) is 0 Å². The van der Waals surface area contributed by atoms with Gasteiger partial charge in [0.25, 0.3) is 0 Å². The van der Waals surface area contributed by atoms with Crippen molar-refractivity contribution in [2.75, 3.05) is 0 Å². The third kappa shape index (κ3) is 17.6. The number of rotatable bonds is 2. The van der Waals surface area contributed by atoms with Gasteiger partial charge in [-0.2, -0.15) is 0 Å². The molecule has 0 aliphatic heterocycles. The standard InChI is InChI=1S/Al.Ca.H2O4S.H2O.O.2H/c;;1-5(2,3)4;;;;/h;;(H2,1,2,3,4);1H2;;;/q+1;;;;;;/p-1. The summed E-state index contributed by atoms with van der Waals surface area (Å²) >= 11 is -1.88. The fraction of sp³-hybridized carbons (Fsp3) is 0. The van der Waals surface area contributed by atoms with E-state index in [2.05, 4.69) is 3.23 Å². The van der Waals surface area contributed by atoms with Gasteiger partial charge in [-0.05, 0) is 0 Å². The van der Waals surface area contributed by atoms with Gasteiger partial charge in [0.05, 0.1) is 0 Å². The van der Waals surface area contributed by atoms with Crippen molar-refractivity contribution in [3.05, 3.63) is 0 Å². The van der Waals surface area contributed by atoms with E-state index in [4.69, 9.17) is 4.55 Å². The van der Waals surface area contributed by atoms with Gasteiger partial charge in [-0.3, -0.25) is 0 Å². The van der Waals surface area contributed by atoms with E-state index in [1.165, 1.54) is 0 Å². The molecule has 0 heterocycles. The Morgan fingerprint density at radius 3 is 1.78 bits per heavy atom. The molecule has 52 valence electrons. The van der Waals surface area contributed by atoms with Crippen LogP contribution in [0.2, 0.25) is 0 Å². The molecule has 0 unspecified atom stereocenters. The van der Waals surface area contributed by atoms with E-state index in [0.29, 0.717) is 0 Å². The van der Waals surface area contributed by atoms with E-state index < -0.39 is 25.9 Å². The van der Waals surface area contributed by atoms with Crippen LogP contribution in [-0.4, -0.2) is 71.7 Å². The van der Waals surface area contributed by atoms with Crippen LogP contribution in [0.25, 0.3) is 0 Å². The van der Waals surface area contributed by atoms with Crippen LogP contribution in [0.1, 0.15) is 0 Å². The Kier molecular flexibility index (Phi) is 13.7. The molecule has 9 heavy (non-hydrogen) atoms. The van der Waals surface area contributed by atoms with Crippen molar-refractivity contribution in [3.63, 3.8) is 0 Å². The van der Waals surface area contributed by atoms with E-state index in [1.54, 1.807) is 0 Å². The van der Waals surface area contributed by atoms with E-state index >= 15 is 0 Å². The fourth-order valence-electron chi connectivity index (χ4n) is 0.0496. The quantitative estimate of drug-likeness (QED) is 0.377. The van der Waals surface area contributed by atoms with Crippen LogP contribution in [0.4, 0.5) is 0 Å². The zero-order valence-corrected chi connectivity index (χ0v) is 5.54. The molecule has 0 aliphatic rings. The molecule has 0 radical (unpaired) electrons. The number of hydrogen-bond acceptors (Lipinski definition) is 4. The van der Waals surface area contributed by atoms with Gasteiger partial charge in [-0.25, -0.2) is 0 Å². The van der Waals surface area contributed by atoms with Crippen LogP contribution >= 0.6 is 0 Å². The van der Waals surface area contributed by atoms with Gasteiger partial charge in [-0.1, -0.05) is 0 Å². The molecule has 0 atom stereocenters. The minimum atomic E-state index is -4.45. The Balaban J connectivity index is -0.000000180. The van der Waals surface area contributed by atoms with Gasteiger partial charge in [0.1, 0.15) is 0 Å². The van der Waals surface area contributed by atoms with Gasteiger partial charge in [0.2, 0.25) is 0 Å². The van der Waals surface area contributed by atoms with Gasteiger partial charge in [0, 0.05) is 0 Å². The van der Waals surface area contributed by atoms with Crippen LogP contribution in [0.15, 0.2) is 0 Å². The molecule has 0 fully saturated rings. The molecule has 9 heteroatoms. The van der Waals surface area contributed by atoms with E-state index in [-0.39, 0.29) is 43.2 Å². The molecular weight excluding hydrogens is 195 g/mol. The molecule has 0 aromatic heterocycles. The molecule has 0 aromatic carbocycles. The molecule has 6 nitrogen and oxygen atoms in total. The first-order chi connectivity index (χ1) is 3.06. The minimum absolute atomic E-state index is 0. The van der Waals surface area contributed by atoms with Crippen LogP contribution in [0.3, 0.4) is 0 Å². The van der Waals surface area contributed by atoms with Crippen molar-refractivity contribution in [2.45, 2.75) is 0 Å². The van der Waals surface area contributed by atoms with Crippen molar-refractivity contribution >= 4 is 63.6 Å². The van der Waals surface area contributed by atoms with Crippen molar-refractivity contribution < 1.29 is 25.5 Å². The number of hydrogen-bond donors (Lipinski definition) is 1. The first kappa shape index (κ1) is 16.7. The Morgan fingerprint density at radius 2 is 1.78 bits per heavy atom. The normalized spacial score (nSPS) is 7.67. The summed E-state index contributed by atoms with van der Waals surface area (Å²) < 4.78 is 38.9. The predicted molar refractivity (Wildman–Crippen MR) is 31.2 cm³/mol. The average Bonchev–Trinajstić information content (AvgIpc) is 1.30. The molecule has 0 aromatic rings. The van der Waals surface area contributed by atoms with E-state index in [1.807, 2.05) is 0 Å². The third-order valence-corrected chi connectivity index (χ3v) is 1.45. The second-order valence-corrected chi connectivity index (χ2v) is 2.44. The fourth-order valence-corrected chi connectivity index (χ4v) is 0.447. The monoisotopic (exact) mass is 200 g/mol. The topological polar surface area (TPSA) is 112 Å². The second-order valence-electron chi connectivity index (χ2n) is 0.620. The molecule has 3 N–H and O–H groups in total. The van der Waals surface area contributed by atoms with E-state index in [0.717, 1.165) is 0 Å². The van der Waals surface area contributed by atoms with E-state index in [9.17, 15) is 12.2 Å². The molecular formula is H5AlCaO6S. The molecule has 0 aliphatic carbocycles. The summed E-state index contributed by atoms with van der Waals surface area (Å²) in [5.74, 6) is 0. The summed E-state index contributed by atoms with van der Waals surface area (Å²) in [7, 11) is -4.45. The van der Waals surface area contributed by atoms with Gasteiger partial charge < -0.3 is 5.48 Å². The maximum absolute atomic E-state index is 9.39. The first-order valence-corrected chi connectivity index (χ1v) is 3.46. The Bertz CT molecular complexity index is 146. The zero-order chi connectivity index (χ0) is 5.91. The van der Waals surface area contributed by atoms with Gasteiger partial charge in [0.15, 0.2) is 0 Å². The molecule has 0 amide bonds. The molecule has 0 spiro atoms.